The summed E-state index contributed by atoms with van der Waals surface area (Å²) in [5.41, 5.74) is 9.45. The predicted octanol–water partition coefficient (Wildman–Crippen LogP) is 5.36. The fourth-order valence-corrected chi connectivity index (χ4v) is 3.66. The van der Waals surface area contributed by atoms with Crippen LogP contribution in [-0.2, 0) is 6.42 Å². The maximum atomic E-state index is 14.2. The average molecular weight is 369 g/mol. The lowest BCUT2D eigenvalue weighted by Gasteiger charge is -2.30. The van der Waals surface area contributed by atoms with E-state index >= 15 is 0 Å². The number of benzene rings is 2. The maximum Gasteiger partial charge on any atom is 0.129 e. The molecular weight excluding hydrogens is 353 g/mol. The summed E-state index contributed by atoms with van der Waals surface area (Å²) in [7, 11) is 0. The zero-order valence-electron chi connectivity index (χ0n) is 11.5. The van der Waals surface area contributed by atoms with E-state index in [0.29, 0.717) is 15.1 Å². The van der Waals surface area contributed by atoms with E-state index in [0.717, 1.165) is 19.3 Å². The summed E-state index contributed by atoms with van der Waals surface area (Å²) in [5.74, 6) is -0.163. The van der Waals surface area contributed by atoms with Gasteiger partial charge in [-0.3, -0.25) is 0 Å². The fraction of sp³-hybridized carbons (Fsp3) is 0.294. The van der Waals surface area contributed by atoms with Gasteiger partial charge < -0.3 is 5.73 Å². The third-order valence-electron chi connectivity index (χ3n) is 4.25. The third-order valence-corrected chi connectivity index (χ3v) is 5.45. The van der Waals surface area contributed by atoms with Gasteiger partial charge in [0.1, 0.15) is 5.82 Å². The van der Waals surface area contributed by atoms with E-state index in [1.165, 1.54) is 17.2 Å². The molecule has 2 unspecified atom stereocenters. The zero-order chi connectivity index (χ0) is 15.0. The average Bonchev–Trinajstić information content (AvgIpc) is 2.49. The molecule has 0 radical (unpaired) electrons. The molecule has 0 bridgehead atoms. The molecule has 110 valence electrons. The fourth-order valence-electron chi connectivity index (χ4n) is 3.17. The molecule has 0 aromatic heterocycles. The Morgan fingerprint density at radius 3 is 2.86 bits per heavy atom. The van der Waals surface area contributed by atoms with Gasteiger partial charge in [-0.2, -0.15) is 0 Å². The van der Waals surface area contributed by atoms with Gasteiger partial charge in [-0.15, -0.1) is 0 Å². The highest BCUT2D eigenvalue weighted by molar-refractivity contribution is 9.10. The lowest BCUT2D eigenvalue weighted by Crippen LogP contribution is -2.24. The monoisotopic (exact) mass is 367 g/mol. The molecule has 0 saturated carbocycles. The summed E-state index contributed by atoms with van der Waals surface area (Å²) in [6.45, 7) is 0. The van der Waals surface area contributed by atoms with Gasteiger partial charge >= 0.3 is 0 Å². The van der Waals surface area contributed by atoms with E-state index in [2.05, 4.69) is 28.1 Å². The van der Waals surface area contributed by atoms with Gasteiger partial charge in [0.05, 0.1) is 5.02 Å². The van der Waals surface area contributed by atoms with Crippen LogP contribution < -0.4 is 5.73 Å². The Labute approximate surface area is 137 Å². The largest absolute Gasteiger partial charge is 0.323 e. The summed E-state index contributed by atoms with van der Waals surface area (Å²) in [5, 5.41) is 0.492. The summed E-state index contributed by atoms with van der Waals surface area (Å²) in [6, 6.07) is 11.0. The SMILES string of the molecule is NC(c1cc(Cl)c(Br)cc1F)C1CCCc2ccccc21. The van der Waals surface area contributed by atoms with Crippen LogP contribution in [0, 0.1) is 5.82 Å². The van der Waals surface area contributed by atoms with E-state index in [1.807, 2.05) is 12.1 Å². The molecule has 0 fully saturated rings. The molecule has 2 atom stereocenters. The Balaban J connectivity index is 2.00. The lowest BCUT2D eigenvalue weighted by atomic mass is 9.77. The van der Waals surface area contributed by atoms with Gasteiger partial charge in [-0.1, -0.05) is 35.9 Å². The number of fused-ring (bicyclic) bond motifs is 1. The van der Waals surface area contributed by atoms with Crippen LogP contribution in [0.4, 0.5) is 4.39 Å². The molecule has 0 aliphatic heterocycles. The van der Waals surface area contributed by atoms with Crippen molar-refractivity contribution in [3.8, 4) is 0 Å². The molecule has 2 N–H and O–H groups in total. The highest BCUT2D eigenvalue weighted by atomic mass is 79.9. The Hall–Kier alpha value is -0.900. The first kappa shape index (κ1) is 15.0. The van der Waals surface area contributed by atoms with Gasteiger partial charge in [-0.25, -0.2) is 4.39 Å². The van der Waals surface area contributed by atoms with E-state index in [9.17, 15) is 4.39 Å². The number of halogens is 3. The molecule has 1 aliphatic rings. The highest BCUT2D eigenvalue weighted by Gasteiger charge is 2.28. The van der Waals surface area contributed by atoms with Crippen molar-refractivity contribution in [1.29, 1.82) is 0 Å². The van der Waals surface area contributed by atoms with Crippen LogP contribution in [0.25, 0.3) is 0 Å². The summed E-state index contributed by atoms with van der Waals surface area (Å²) < 4.78 is 14.8. The highest BCUT2D eigenvalue weighted by Crippen LogP contribution is 2.40. The molecule has 1 aliphatic carbocycles. The van der Waals surface area contributed by atoms with Crippen molar-refractivity contribution in [1.82, 2.24) is 0 Å². The van der Waals surface area contributed by atoms with Gasteiger partial charge in [-0.05, 0) is 58.5 Å². The molecule has 0 saturated heterocycles. The predicted molar refractivity (Wildman–Crippen MR) is 88.2 cm³/mol. The van der Waals surface area contributed by atoms with Crippen LogP contribution in [0.5, 0.6) is 0 Å². The lowest BCUT2D eigenvalue weighted by molar-refractivity contribution is 0.458. The Bertz CT molecular complexity index is 674. The maximum absolute atomic E-state index is 14.2. The van der Waals surface area contributed by atoms with E-state index in [-0.39, 0.29) is 17.8 Å². The first-order valence-electron chi connectivity index (χ1n) is 7.05. The Morgan fingerprint density at radius 2 is 2.05 bits per heavy atom. The van der Waals surface area contributed by atoms with Crippen molar-refractivity contribution < 1.29 is 4.39 Å². The number of hydrogen-bond donors (Lipinski definition) is 1. The van der Waals surface area contributed by atoms with Crippen LogP contribution in [0.3, 0.4) is 0 Å². The molecule has 1 nitrogen and oxygen atoms in total. The van der Waals surface area contributed by atoms with Crippen molar-refractivity contribution in [3.05, 3.63) is 68.4 Å². The van der Waals surface area contributed by atoms with Crippen LogP contribution >= 0.6 is 27.5 Å². The molecule has 0 amide bonds. The number of hydrogen-bond acceptors (Lipinski definition) is 1. The van der Waals surface area contributed by atoms with Crippen molar-refractivity contribution >= 4 is 27.5 Å². The molecule has 0 heterocycles. The minimum Gasteiger partial charge on any atom is -0.323 e. The quantitative estimate of drug-likeness (QED) is 0.709. The molecule has 4 heteroatoms. The molecular formula is C17H16BrClFN. The van der Waals surface area contributed by atoms with Crippen LogP contribution in [0.2, 0.25) is 5.02 Å². The smallest absolute Gasteiger partial charge is 0.129 e. The second-order valence-electron chi connectivity index (χ2n) is 5.51. The standard InChI is InChI=1S/C17H16BrClFN/c18-14-9-16(20)13(8-15(14)19)17(21)12-7-3-5-10-4-1-2-6-11(10)12/h1-2,4,6,8-9,12,17H,3,5,7,21H2. The summed E-state index contributed by atoms with van der Waals surface area (Å²) >= 11 is 9.34. The van der Waals surface area contributed by atoms with Crippen LogP contribution in [0.1, 0.15) is 41.5 Å². The van der Waals surface area contributed by atoms with E-state index in [4.69, 9.17) is 17.3 Å². The first-order chi connectivity index (χ1) is 10.1. The normalized spacial score (nSPS) is 19.1. The van der Waals surface area contributed by atoms with Crippen LogP contribution in [-0.4, -0.2) is 0 Å². The Kier molecular flexibility index (Phi) is 4.34. The minimum absolute atomic E-state index is 0.140. The molecule has 21 heavy (non-hydrogen) atoms. The molecule has 0 spiro atoms. The van der Waals surface area contributed by atoms with Gasteiger partial charge in [0.25, 0.3) is 0 Å². The number of rotatable bonds is 2. The summed E-state index contributed by atoms with van der Waals surface area (Å²) in [6.07, 6.45) is 3.13. The minimum atomic E-state index is -0.378. The molecule has 3 rings (SSSR count). The number of aryl methyl sites for hydroxylation is 1. The second-order valence-corrected chi connectivity index (χ2v) is 6.77. The molecule has 2 aromatic carbocycles. The van der Waals surface area contributed by atoms with Gasteiger partial charge in [0, 0.05) is 22.0 Å². The van der Waals surface area contributed by atoms with Gasteiger partial charge in [0.15, 0.2) is 0 Å². The number of nitrogens with two attached hydrogens (primary N) is 1. The zero-order valence-corrected chi connectivity index (χ0v) is 13.8. The van der Waals surface area contributed by atoms with Crippen molar-refractivity contribution in [2.24, 2.45) is 5.73 Å². The van der Waals surface area contributed by atoms with E-state index < -0.39 is 0 Å². The first-order valence-corrected chi connectivity index (χ1v) is 8.23. The van der Waals surface area contributed by atoms with Crippen molar-refractivity contribution in [2.75, 3.05) is 0 Å². The topological polar surface area (TPSA) is 26.0 Å². The van der Waals surface area contributed by atoms with Crippen LogP contribution in [0.15, 0.2) is 40.9 Å². The third kappa shape index (κ3) is 2.87. The van der Waals surface area contributed by atoms with E-state index in [1.54, 1.807) is 6.07 Å². The van der Waals surface area contributed by atoms with Crippen molar-refractivity contribution in [2.45, 2.75) is 31.2 Å². The second kappa shape index (κ2) is 6.07. The van der Waals surface area contributed by atoms with Crippen molar-refractivity contribution in [3.63, 3.8) is 0 Å². The molecule has 2 aromatic rings. The van der Waals surface area contributed by atoms with Gasteiger partial charge in [0.2, 0.25) is 0 Å². The Morgan fingerprint density at radius 1 is 1.29 bits per heavy atom. The summed E-state index contributed by atoms with van der Waals surface area (Å²) in [4.78, 5) is 0.